The van der Waals surface area contributed by atoms with E-state index >= 15 is 0 Å². The number of oxazole rings is 1. The van der Waals surface area contributed by atoms with Gasteiger partial charge in [-0.15, -0.1) is 0 Å². The zero-order valence-corrected chi connectivity index (χ0v) is 21.3. The third kappa shape index (κ3) is 4.47. The second kappa shape index (κ2) is 9.91. The van der Waals surface area contributed by atoms with Crippen LogP contribution in [0.5, 0.6) is 11.5 Å². The van der Waals surface area contributed by atoms with Crippen LogP contribution in [0.4, 0.5) is 0 Å². The van der Waals surface area contributed by atoms with Gasteiger partial charge in [-0.05, 0) is 50.2 Å². The monoisotopic (exact) mass is 499 g/mol. The highest BCUT2D eigenvalue weighted by Crippen LogP contribution is 2.32. The van der Waals surface area contributed by atoms with E-state index in [-0.39, 0.29) is 5.56 Å². The molecule has 0 spiro atoms. The van der Waals surface area contributed by atoms with Gasteiger partial charge in [-0.2, -0.15) is 0 Å². The van der Waals surface area contributed by atoms with Gasteiger partial charge in [0, 0.05) is 17.4 Å². The van der Waals surface area contributed by atoms with Crippen molar-refractivity contribution in [3.05, 3.63) is 94.1 Å². The van der Waals surface area contributed by atoms with Crippen molar-refractivity contribution in [3.8, 4) is 28.6 Å². The SMILES string of the molecule is COc1ccc(OC)c(-n2c(SCc3nc(-c4ccc(C)cc4)oc3C)nc3ccccc3c2=O)c1. The maximum Gasteiger partial charge on any atom is 0.266 e. The molecular weight excluding hydrogens is 474 g/mol. The zero-order valence-electron chi connectivity index (χ0n) is 20.4. The molecule has 2 heterocycles. The Labute approximate surface area is 212 Å². The number of para-hydroxylation sites is 1. The van der Waals surface area contributed by atoms with Crippen LogP contribution in [0.1, 0.15) is 17.0 Å². The largest absolute Gasteiger partial charge is 0.497 e. The standard InChI is InChI=1S/C28H25N3O4S/c1-17-9-11-19(12-10-17)26-29-23(18(2)35-26)16-36-28-30-22-8-6-5-7-21(22)27(32)31(28)24-15-20(33-3)13-14-25(24)34-4/h5-15H,16H2,1-4H3. The summed E-state index contributed by atoms with van der Waals surface area (Å²) in [6, 6.07) is 20.7. The van der Waals surface area contributed by atoms with Crippen molar-refractivity contribution in [1.82, 2.24) is 14.5 Å². The summed E-state index contributed by atoms with van der Waals surface area (Å²) in [5, 5.41) is 1.04. The quantitative estimate of drug-likeness (QED) is 0.202. The van der Waals surface area contributed by atoms with E-state index in [9.17, 15) is 4.79 Å². The van der Waals surface area contributed by atoms with Gasteiger partial charge in [0.2, 0.25) is 5.89 Å². The third-order valence-electron chi connectivity index (χ3n) is 5.90. The van der Waals surface area contributed by atoms with Crippen LogP contribution in [0.15, 0.2) is 81.1 Å². The molecule has 5 aromatic rings. The Kier molecular flexibility index (Phi) is 6.52. The first-order valence-corrected chi connectivity index (χ1v) is 12.4. The molecule has 0 saturated carbocycles. The van der Waals surface area contributed by atoms with Crippen molar-refractivity contribution in [2.45, 2.75) is 24.8 Å². The van der Waals surface area contributed by atoms with Crippen LogP contribution < -0.4 is 15.0 Å². The summed E-state index contributed by atoms with van der Waals surface area (Å²) in [6.45, 7) is 3.94. The molecule has 0 fully saturated rings. The Balaban J connectivity index is 1.58. The van der Waals surface area contributed by atoms with Crippen molar-refractivity contribution >= 4 is 22.7 Å². The van der Waals surface area contributed by atoms with E-state index in [2.05, 4.69) is 0 Å². The van der Waals surface area contributed by atoms with E-state index in [4.69, 9.17) is 23.9 Å². The lowest BCUT2D eigenvalue weighted by Crippen LogP contribution is -2.22. The molecule has 0 radical (unpaired) electrons. The van der Waals surface area contributed by atoms with Crippen molar-refractivity contribution in [2.75, 3.05) is 14.2 Å². The first-order chi connectivity index (χ1) is 17.5. The molecule has 182 valence electrons. The first kappa shape index (κ1) is 23.7. The highest BCUT2D eigenvalue weighted by molar-refractivity contribution is 7.98. The minimum atomic E-state index is -0.188. The Morgan fingerprint density at radius 3 is 2.47 bits per heavy atom. The molecule has 0 N–H and O–H groups in total. The molecule has 0 bridgehead atoms. The van der Waals surface area contributed by atoms with Crippen molar-refractivity contribution in [1.29, 1.82) is 0 Å². The van der Waals surface area contributed by atoms with Gasteiger partial charge in [0.25, 0.3) is 5.56 Å². The minimum Gasteiger partial charge on any atom is -0.497 e. The molecule has 0 saturated heterocycles. The topological polar surface area (TPSA) is 79.4 Å². The maximum atomic E-state index is 13.7. The van der Waals surface area contributed by atoms with Crippen molar-refractivity contribution in [3.63, 3.8) is 0 Å². The number of nitrogens with zero attached hydrogens (tertiary/aromatic N) is 3. The molecule has 0 atom stereocenters. The lowest BCUT2D eigenvalue weighted by atomic mass is 10.1. The summed E-state index contributed by atoms with van der Waals surface area (Å²) in [5.41, 5.74) is 3.88. The van der Waals surface area contributed by atoms with E-state index in [1.54, 1.807) is 43.1 Å². The van der Waals surface area contributed by atoms with Gasteiger partial charge in [0.15, 0.2) is 5.16 Å². The second-order valence-electron chi connectivity index (χ2n) is 8.27. The van der Waals surface area contributed by atoms with Crippen LogP contribution in [0.3, 0.4) is 0 Å². The van der Waals surface area contributed by atoms with Gasteiger partial charge < -0.3 is 13.9 Å². The maximum absolute atomic E-state index is 13.7. The summed E-state index contributed by atoms with van der Waals surface area (Å²) in [7, 11) is 3.16. The number of aromatic nitrogens is 3. The first-order valence-electron chi connectivity index (χ1n) is 11.4. The summed E-state index contributed by atoms with van der Waals surface area (Å²) in [4.78, 5) is 23.3. The van der Waals surface area contributed by atoms with Crippen LogP contribution in [-0.4, -0.2) is 28.8 Å². The van der Waals surface area contributed by atoms with Crippen molar-refractivity contribution in [2.24, 2.45) is 0 Å². The number of hydrogen-bond acceptors (Lipinski definition) is 7. The smallest absolute Gasteiger partial charge is 0.266 e. The summed E-state index contributed by atoms with van der Waals surface area (Å²) in [5.74, 6) is 2.92. The van der Waals surface area contributed by atoms with E-state index < -0.39 is 0 Å². The summed E-state index contributed by atoms with van der Waals surface area (Å²) < 4.78 is 18.5. The number of rotatable bonds is 7. The Bertz CT molecular complexity index is 1610. The fourth-order valence-electron chi connectivity index (χ4n) is 3.91. The number of fused-ring (bicyclic) bond motifs is 1. The van der Waals surface area contributed by atoms with Gasteiger partial charge in [-0.1, -0.05) is 41.6 Å². The zero-order chi connectivity index (χ0) is 25.2. The summed E-state index contributed by atoms with van der Waals surface area (Å²) in [6.07, 6.45) is 0. The highest BCUT2D eigenvalue weighted by Gasteiger charge is 2.19. The number of thioether (sulfide) groups is 1. The van der Waals surface area contributed by atoms with Gasteiger partial charge in [-0.3, -0.25) is 9.36 Å². The van der Waals surface area contributed by atoms with Crippen LogP contribution in [0, 0.1) is 13.8 Å². The fourth-order valence-corrected chi connectivity index (χ4v) is 4.91. The van der Waals surface area contributed by atoms with E-state index in [1.807, 2.05) is 56.3 Å². The van der Waals surface area contributed by atoms with Gasteiger partial charge in [0.1, 0.15) is 17.3 Å². The number of methoxy groups -OCH3 is 2. The molecule has 0 unspecified atom stereocenters. The molecule has 5 rings (SSSR count). The molecule has 36 heavy (non-hydrogen) atoms. The molecule has 3 aromatic carbocycles. The van der Waals surface area contributed by atoms with E-state index in [0.29, 0.717) is 44.9 Å². The molecule has 0 aliphatic carbocycles. The molecule has 8 heteroatoms. The normalized spacial score (nSPS) is 11.1. The predicted octanol–water partition coefficient (Wildman–Crippen LogP) is 5.97. The molecule has 0 amide bonds. The molecular formula is C28H25N3O4S. The molecule has 2 aromatic heterocycles. The predicted molar refractivity (Wildman–Crippen MR) is 141 cm³/mol. The Morgan fingerprint density at radius 1 is 0.944 bits per heavy atom. The van der Waals surface area contributed by atoms with E-state index in [1.165, 1.54) is 17.3 Å². The molecule has 7 nitrogen and oxygen atoms in total. The Morgan fingerprint density at radius 2 is 1.72 bits per heavy atom. The summed E-state index contributed by atoms with van der Waals surface area (Å²) >= 11 is 1.41. The highest BCUT2D eigenvalue weighted by atomic mass is 32.2. The number of benzene rings is 3. The van der Waals surface area contributed by atoms with Crippen molar-refractivity contribution < 1.29 is 13.9 Å². The van der Waals surface area contributed by atoms with Gasteiger partial charge in [0.05, 0.1) is 36.5 Å². The third-order valence-corrected chi connectivity index (χ3v) is 6.85. The fraction of sp³-hybridized carbons (Fsp3) is 0.179. The van der Waals surface area contributed by atoms with Crippen LogP contribution in [0.2, 0.25) is 0 Å². The lowest BCUT2D eigenvalue weighted by molar-refractivity contribution is 0.400. The van der Waals surface area contributed by atoms with Crippen LogP contribution in [0.25, 0.3) is 28.0 Å². The number of aryl methyl sites for hydroxylation is 2. The van der Waals surface area contributed by atoms with E-state index in [0.717, 1.165) is 17.0 Å². The van der Waals surface area contributed by atoms with Gasteiger partial charge in [-0.25, -0.2) is 9.97 Å². The number of ether oxygens (including phenoxy) is 2. The minimum absolute atomic E-state index is 0.188. The molecule has 0 aliphatic rings. The van der Waals surface area contributed by atoms with Crippen LogP contribution >= 0.6 is 11.8 Å². The lowest BCUT2D eigenvalue weighted by Gasteiger charge is -2.16. The average Bonchev–Trinajstić information content (AvgIpc) is 3.27. The molecule has 0 aliphatic heterocycles. The Hall–Kier alpha value is -4.04. The average molecular weight is 500 g/mol. The number of hydrogen-bond donors (Lipinski definition) is 0. The van der Waals surface area contributed by atoms with Crippen LogP contribution in [-0.2, 0) is 5.75 Å². The second-order valence-corrected chi connectivity index (χ2v) is 9.21. The van der Waals surface area contributed by atoms with Gasteiger partial charge >= 0.3 is 0 Å².